The zero-order valence-corrected chi connectivity index (χ0v) is 17.7. The molecule has 3 heterocycles. The van der Waals surface area contributed by atoms with Crippen molar-refractivity contribution in [2.24, 2.45) is 11.3 Å². The summed E-state index contributed by atoms with van der Waals surface area (Å²) in [4.78, 5) is 40.2. The van der Waals surface area contributed by atoms with Crippen LogP contribution >= 0.6 is 0 Å². The first kappa shape index (κ1) is 20.3. The van der Waals surface area contributed by atoms with Crippen LogP contribution in [-0.2, 0) is 4.79 Å². The molecular weight excluding hydrogens is 380 g/mol. The number of hydrogen-bond acceptors (Lipinski definition) is 5. The predicted octanol–water partition coefficient (Wildman–Crippen LogP) is 2.74. The second-order valence-corrected chi connectivity index (χ2v) is 9.49. The second-order valence-electron chi connectivity index (χ2n) is 9.49. The average molecular weight is 409 g/mol. The van der Waals surface area contributed by atoms with Crippen LogP contribution in [0.5, 0.6) is 0 Å². The summed E-state index contributed by atoms with van der Waals surface area (Å²) >= 11 is 0. The highest BCUT2D eigenvalue weighted by Crippen LogP contribution is 2.39. The third kappa shape index (κ3) is 4.02. The summed E-state index contributed by atoms with van der Waals surface area (Å²) in [6, 6.07) is 1.57. The van der Waals surface area contributed by atoms with Crippen molar-refractivity contribution >= 4 is 23.0 Å². The molecule has 2 aliphatic rings. The van der Waals surface area contributed by atoms with Crippen molar-refractivity contribution < 1.29 is 9.59 Å². The van der Waals surface area contributed by atoms with E-state index in [1.165, 1.54) is 0 Å². The van der Waals surface area contributed by atoms with E-state index in [1.807, 2.05) is 20.8 Å². The van der Waals surface area contributed by atoms with Crippen molar-refractivity contribution in [3.05, 3.63) is 23.7 Å². The zero-order valence-electron chi connectivity index (χ0n) is 17.7. The summed E-state index contributed by atoms with van der Waals surface area (Å²) in [7, 11) is 0. The van der Waals surface area contributed by atoms with E-state index in [0.717, 1.165) is 31.4 Å². The molecular formula is C22H28N6O2. The highest BCUT2D eigenvalue weighted by molar-refractivity contribution is 6.06. The summed E-state index contributed by atoms with van der Waals surface area (Å²) in [5.74, 6) is -0.196. The summed E-state index contributed by atoms with van der Waals surface area (Å²) < 4.78 is 0. The minimum atomic E-state index is -0.702. The Labute approximate surface area is 176 Å². The number of piperidine rings is 1. The van der Waals surface area contributed by atoms with Gasteiger partial charge < -0.3 is 15.2 Å². The maximum absolute atomic E-state index is 13.3. The molecule has 2 amide bonds. The lowest BCUT2D eigenvalue weighted by Crippen LogP contribution is -2.56. The first-order valence-corrected chi connectivity index (χ1v) is 10.6. The van der Waals surface area contributed by atoms with Crippen molar-refractivity contribution in [3.8, 4) is 6.07 Å². The molecule has 2 aromatic heterocycles. The molecule has 4 rings (SSSR count). The van der Waals surface area contributed by atoms with Crippen LogP contribution in [-0.4, -0.2) is 50.8 Å². The van der Waals surface area contributed by atoms with Crippen molar-refractivity contribution in [2.45, 2.75) is 58.4 Å². The molecule has 2 N–H and O–H groups in total. The number of amides is 2. The number of rotatable bonds is 4. The number of hydrogen-bond donors (Lipinski definition) is 2. The van der Waals surface area contributed by atoms with Gasteiger partial charge in [-0.3, -0.25) is 9.59 Å². The van der Waals surface area contributed by atoms with Gasteiger partial charge >= 0.3 is 0 Å². The predicted molar refractivity (Wildman–Crippen MR) is 111 cm³/mol. The first-order chi connectivity index (χ1) is 14.3. The quantitative estimate of drug-likeness (QED) is 0.807. The Morgan fingerprint density at radius 3 is 2.77 bits per heavy atom. The summed E-state index contributed by atoms with van der Waals surface area (Å²) in [6.07, 6.45) is 7.19. The van der Waals surface area contributed by atoms with Crippen LogP contribution in [0.3, 0.4) is 0 Å². The Hall–Kier alpha value is -2.95. The SMILES string of the molecule is CC(C)(C)[C@@H](NC(=O)c1c[nH]c2ncc(C3CC3)nc12)C(=O)N1CCC[C@H](C#N)C1. The van der Waals surface area contributed by atoms with Gasteiger partial charge in [0, 0.05) is 25.2 Å². The number of likely N-dealkylation sites (tertiary alicyclic amines) is 1. The van der Waals surface area contributed by atoms with Crippen LogP contribution in [0.25, 0.3) is 11.2 Å². The lowest BCUT2D eigenvalue weighted by atomic mass is 9.85. The van der Waals surface area contributed by atoms with Gasteiger partial charge in [-0.05, 0) is 31.1 Å². The van der Waals surface area contributed by atoms with Crippen LogP contribution in [0.2, 0.25) is 0 Å². The summed E-state index contributed by atoms with van der Waals surface area (Å²) in [6.45, 7) is 6.83. The van der Waals surface area contributed by atoms with Gasteiger partial charge in [0.2, 0.25) is 5.91 Å². The number of nitrogens with zero attached hydrogens (tertiary/aromatic N) is 4. The summed E-state index contributed by atoms with van der Waals surface area (Å²) in [5.41, 5.74) is 1.94. The standard InChI is InChI=1S/C22H28N6O2/c1-22(2,3)18(21(30)28-8-4-5-13(9-23)12-28)27-20(29)15-10-24-19-17(15)26-16(11-25-19)14-6-7-14/h10-11,13-14,18H,4-8,12H2,1-3H3,(H,24,25)(H,27,29)/t13-,18+/m1/s1. The molecule has 2 atom stereocenters. The van der Waals surface area contributed by atoms with Gasteiger partial charge in [-0.2, -0.15) is 5.26 Å². The molecule has 8 nitrogen and oxygen atoms in total. The molecule has 1 saturated heterocycles. The first-order valence-electron chi connectivity index (χ1n) is 10.6. The van der Waals surface area contributed by atoms with Gasteiger partial charge in [0.25, 0.3) is 5.91 Å². The molecule has 2 fully saturated rings. The molecule has 0 bridgehead atoms. The Morgan fingerprint density at radius 1 is 1.33 bits per heavy atom. The third-order valence-corrected chi connectivity index (χ3v) is 5.94. The third-order valence-electron chi connectivity index (χ3n) is 5.94. The van der Waals surface area contributed by atoms with Crippen molar-refractivity contribution in [1.82, 2.24) is 25.2 Å². The molecule has 0 unspecified atom stereocenters. The number of aromatic amines is 1. The van der Waals surface area contributed by atoms with Crippen LogP contribution in [0.4, 0.5) is 0 Å². The fraction of sp³-hybridized carbons (Fsp3) is 0.591. The maximum Gasteiger partial charge on any atom is 0.255 e. The van der Waals surface area contributed by atoms with E-state index >= 15 is 0 Å². The number of H-pyrrole nitrogens is 1. The van der Waals surface area contributed by atoms with E-state index in [4.69, 9.17) is 0 Å². The van der Waals surface area contributed by atoms with E-state index in [2.05, 4.69) is 26.3 Å². The van der Waals surface area contributed by atoms with Gasteiger partial charge in [-0.15, -0.1) is 0 Å². The molecule has 2 aromatic rings. The van der Waals surface area contributed by atoms with Crippen LogP contribution in [0.1, 0.15) is 68.4 Å². The number of nitrogens with one attached hydrogen (secondary N) is 2. The zero-order chi connectivity index (χ0) is 21.5. The lowest BCUT2D eigenvalue weighted by Gasteiger charge is -2.37. The second kappa shape index (κ2) is 7.71. The molecule has 0 aromatic carbocycles. The van der Waals surface area contributed by atoms with Gasteiger partial charge in [0.15, 0.2) is 5.65 Å². The largest absolute Gasteiger partial charge is 0.344 e. The fourth-order valence-electron chi connectivity index (χ4n) is 3.98. The van der Waals surface area contributed by atoms with E-state index in [9.17, 15) is 14.9 Å². The Balaban J connectivity index is 1.57. The van der Waals surface area contributed by atoms with E-state index < -0.39 is 11.5 Å². The lowest BCUT2D eigenvalue weighted by molar-refractivity contribution is -0.137. The average Bonchev–Trinajstić information content (AvgIpc) is 3.49. The minimum Gasteiger partial charge on any atom is -0.344 e. The monoisotopic (exact) mass is 408 g/mol. The molecule has 0 radical (unpaired) electrons. The van der Waals surface area contributed by atoms with Crippen LogP contribution in [0, 0.1) is 22.7 Å². The normalized spacial score (nSPS) is 20.6. The number of nitriles is 1. The minimum absolute atomic E-state index is 0.139. The van der Waals surface area contributed by atoms with Crippen LogP contribution < -0.4 is 5.32 Å². The molecule has 158 valence electrons. The van der Waals surface area contributed by atoms with Crippen LogP contribution in [0.15, 0.2) is 12.4 Å². The number of aromatic nitrogens is 3. The smallest absolute Gasteiger partial charge is 0.255 e. The van der Waals surface area contributed by atoms with Crippen molar-refractivity contribution in [3.63, 3.8) is 0 Å². The highest BCUT2D eigenvalue weighted by Gasteiger charge is 2.38. The Bertz CT molecular complexity index is 1010. The van der Waals surface area contributed by atoms with Crippen molar-refractivity contribution in [2.75, 3.05) is 13.1 Å². The van der Waals surface area contributed by atoms with Crippen molar-refractivity contribution in [1.29, 1.82) is 5.26 Å². The number of fused-ring (bicyclic) bond motifs is 1. The van der Waals surface area contributed by atoms with Gasteiger partial charge in [0.1, 0.15) is 11.6 Å². The number of carbonyl (C=O) groups is 2. The molecule has 1 saturated carbocycles. The topological polar surface area (TPSA) is 115 Å². The molecule has 1 aliphatic carbocycles. The van der Waals surface area contributed by atoms with E-state index in [1.54, 1.807) is 17.3 Å². The molecule has 30 heavy (non-hydrogen) atoms. The van der Waals surface area contributed by atoms with E-state index in [-0.39, 0.29) is 17.7 Å². The summed E-state index contributed by atoms with van der Waals surface area (Å²) in [5, 5.41) is 12.2. The highest BCUT2D eigenvalue weighted by atomic mass is 16.2. The molecule has 0 spiro atoms. The Kier molecular flexibility index (Phi) is 5.22. The van der Waals surface area contributed by atoms with Gasteiger partial charge in [-0.25, -0.2) is 9.97 Å². The number of carbonyl (C=O) groups excluding carboxylic acids is 2. The van der Waals surface area contributed by atoms with E-state index in [0.29, 0.717) is 35.7 Å². The fourth-order valence-corrected chi connectivity index (χ4v) is 3.98. The Morgan fingerprint density at radius 2 is 2.10 bits per heavy atom. The van der Waals surface area contributed by atoms with Gasteiger partial charge in [-0.1, -0.05) is 20.8 Å². The molecule has 8 heteroatoms. The molecule has 1 aliphatic heterocycles. The maximum atomic E-state index is 13.3. The van der Waals surface area contributed by atoms with Gasteiger partial charge in [0.05, 0.1) is 29.4 Å².